The van der Waals surface area contributed by atoms with Gasteiger partial charge in [-0.25, -0.2) is 0 Å². The standard InChI is InChI=1S/C24H16Br2Ge/c25-17-11-13-23-21(15-17)22-16-18(26)12-14-24(22)27(23,19-7-3-1-4-8-19)20-9-5-2-6-10-20/h1-16H. The summed E-state index contributed by atoms with van der Waals surface area (Å²) >= 11 is 4.37. The normalized spacial score (nSPS) is 13.9. The van der Waals surface area contributed by atoms with Crippen molar-refractivity contribution in [1.82, 2.24) is 0 Å². The van der Waals surface area contributed by atoms with E-state index >= 15 is 0 Å². The van der Waals surface area contributed by atoms with Crippen molar-refractivity contribution in [3.8, 4) is 11.1 Å². The summed E-state index contributed by atoms with van der Waals surface area (Å²) in [4.78, 5) is 0. The van der Waals surface area contributed by atoms with Gasteiger partial charge in [-0.1, -0.05) is 0 Å². The zero-order valence-corrected chi connectivity index (χ0v) is 19.8. The van der Waals surface area contributed by atoms with Crippen molar-refractivity contribution >= 4 is 62.7 Å². The van der Waals surface area contributed by atoms with Crippen LogP contribution in [0.4, 0.5) is 0 Å². The summed E-state index contributed by atoms with van der Waals surface area (Å²) in [5, 5.41) is 0. The molecule has 0 radical (unpaired) electrons. The molecule has 4 aromatic rings. The van der Waals surface area contributed by atoms with E-state index in [2.05, 4.69) is 129 Å². The second kappa shape index (κ2) is 6.77. The number of hydrogen-bond donors (Lipinski definition) is 0. The molecule has 0 atom stereocenters. The third-order valence-corrected chi connectivity index (χ3v) is 16.7. The Hall–Kier alpha value is -1.62. The molecular formula is C24H16Br2Ge. The molecule has 130 valence electrons. The summed E-state index contributed by atoms with van der Waals surface area (Å²) in [6, 6.07) is 36.0. The first kappa shape index (κ1) is 17.5. The summed E-state index contributed by atoms with van der Waals surface area (Å²) in [6.45, 7) is 0. The topological polar surface area (TPSA) is 0 Å². The van der Waals surface area contributed by atoms with Crippen LogP contribution in [0, 0.1) is 0 Å². The molecule has 0 fully saturated rings. The monoisotopic (exact) mass is 536 g/mol. The molecular weight excluding hydrogens is 521 g/mol. The molecule has 3 heteroatoms. The first-order valence-electron chi connectivity index (χ1n) is 8.93. The Kier molecular flexibility index (Phi) is 4.38. The molecule has 0 unspecified atom stereocenters. The van der Waals surface area contributed by atoms with E-state index in [1.165, 1.54) is 28.7 Å². The van der Waals surface area contributed by atoms with Gasteiger partial charge in [0.25, 0.3) is 0 Å². The molecule has 0 amide bonds. The van der Waals surface area contributed by atoms with Gasteiger partial charge in [-0.05, 0) is 0 Å². The minimum absolute atomic E-state index is 1.13. The molecule has 0 N–H and O–H groups in total. The van der Waals surface area contributed by atoms with Crippen LogP contribution in [-0.2, 0) is 0 Å². The minimum atomic E-state index is -3.01. The second-order valence-corrected chi connectivity index (χ2v) is 16.5. The van der Waals surface area contributed by atoms with E-state index in [0.29, 0.717) is 0 Å². The van der Waals surface area contributed by atoms with Gasteiger partial charge in [0.15, 0.2) is 0 Å². The van der Waals surface area contributed by atoms with Gasteiger partial charge in [-0.15, -0.1) is 0 Å². The second-order valence-electron chi connectivity index (χ2n) is 6.86. The van der Waals surface area contributed by atoms with Crippen LogP contribution in [0.5, 0.6) is 0 Å². The Bertz CT molecular complexity index is 1040. The van der Waals surface area contributed by atoms with Crippen LogP contribution in [0.2, 0.25) is 0 Å². The van der Waals surface area contributed by atoms with E-state index in [1.807, 2.05) is 0 Å². The van der Waals surface area contributed by atoms with E-state index in [4.69, 9.17) is 0 Å². The molecule has 0 saturated carbocycles. The van der Waals surface area contributed by atoms with Gasteiger partial charge in [0.1, 0.15) is 0 Å². The molecule has 1 heterocycles. The van der Waals surface area contributed by atoms with Crippen LogP contribution in [0.3, 0.4) is 0 Å². The quantitative estimate of drug-likeness (QED) is 0.290. The Morgan fingerprint density at radius 1 is 0.481 bits per heavy atom. The van der Waals surface area contributed by atoms with Crippen LogP contribution in [0.25, 0.3) is 11.1 Å². The van der Waals surface area contributed by atoms with E-state index in [1.54, 1.807) is 0 Å². The fraction of sp³-hybridized carbons (Fsp3) is 0. The maximum atomic E-state index is 3.69. The average molecular weight is 537 g/mol. The van der Waals surface area contributed by atoms with Crippen LogP contribution < -0.4 is 17.6 Å². The SMILES string of the molecule is Brc1cc[c]2c(c1)-c1cc(Br)cc[c]1[Ge]2([c]1ccccc1)[c]1ccccc1. The molecule has 0 aromatic heterocycles. The molecule has 0 aliphatic carbocycles. The summed E-state index contributed by atoms with van der Waals surface area (Å²) in [7, 11) is 0. The third-order valence-electron chi connectivity index (χ3n) is 5.48. The molecule has 0 nitrogen and oxygen atoms in total. The molecule has 0 spiro atoms. The predicted octanol–water partition coefficient (Wildman–Crippen LogP) is 4.57. The zero-order valence-electron chi connectivity index (χ0n) is 14.5. The van der Waals surface area contributed by atoms with E-state index in [9.17, 15) is 0 Å². The van der Waals surface area contributed by atoms with Gasteiger partial charge in [0, 0.05) is 0 Å². The summed E-state index contributed by atoms with van der Waals surface area (Å²) in [6.07, 6.45) is 0. The van der Waals surface area contributed by atoms with Gasteiger partial charge in [0.05, 0.1) is 0 Å². The van der Waals surface area contributed by atoms with Crippen LogP contribution in [-0.4, -0.2) is 13.3 Å². The predicted molar refractivity (Wildman–Crippen MR) is 124 cm³/mol. The van der Waals surface area contributed by atoms with Crippen LogP contribution in [0.1, 0.15) is 0 Å². The third kappa shape index (κ3) is 2.61. The van der Waals surface area contributed by atoms with Crippen molar-refractivity contribution in [2.24, 2.45) is 0 Å². The molecule has 5 rings (SSSR count). The summed E-state index contributed by atoms with van der Waals surface area (Å²) < 4.78 is 8.26. The number of benzene rings is 4. The molecule has 0 bridgehead atoms. The van der Waals surface area contributed by atoms with E-state index in [0.717, 1.165) is 8.95 Å². The molecule has 1 aliphatic rings. The van der Waals surface area contributed by atoms with Gasteiger partial charge in [0.2, 0.25) is 0 Å². The fourth-order valence-electron chi connectivity index (χ4n) is 4.44. The number of halogens is 2. The maximum absolute atomic E-state index is 3.69. The van der Waals surface area contributed by atoms with Gasteiger partial charge < -0.3 is 0 Å². The summed E-state index contributed by atoms with van der Waals surface area (Å²) in [5.41, 5.74) is 2.74. The Morgan fingerprint density at radius 2 is 0.889 bits per heavy atom. The van der Waals surface area contributed by atoms with Crippen molar-refractivity contribution in [3.05, 3.63) is 106 Å². The molecule has 1 aliphatic heterocycles. The number of rotatable bonds is 2. The van der Waals surface area contributed by atoms with E-state index < -0.39 is 13.3 Å². The molecule has 0 saturated heterocycles. The molecule has 4 aromatic carbocycles. The first-order chi connectivity index (χ1) is 13.2. The van der Waals surface area contributed by atoms with Crippen LogP contribution in [0.15, 0.2) is 106 Å². The van der Waals surface area contributed by atoms with Crippen molar-refractivity contribution in [1.29, 1.82) is 0 Å². The van der Waals surface area contributed by atoms with Crippen LogP contribution >= 0.6 is 31.9 Å². The number of fused-ring (bicyclic) bond motifs is 3. The average Bonchev–Trinajstić information content (AvgIpc) is 2.99. The summed E-state index contributed by atoms with van der Waals surface area (Å²) in [5.74, 6) is 0. The Balaban J connectivity index is 1.98. The van der Waals surface area contributed by atoms with E-state index in [-0.39, 0.29) is 0 Å². The fourth-order valence-corrected chi connectivity index (χ4v) is 16.0. The van der Waals surface area contributed by atoms with Gasteiger partial charge in [-0.3, -0.25) is 0 Å². The Morgan fingerprint density at radius 3 is 1.30 bits per heavy atom. The van der Waals surface area contributed by atoms with Crippen molar-refractivity contribution in [2.75, 3.05) is 0 Å². The van der Waals surface area contributed by atoms with Gasteiger partial charge in [-0.2, -0.15) is 0 Å². The molecule has 27 heavy (non-hydrogen) atoms. The van der Waals surface area contributed by atoms with Crippen molar-refractivity contribution < 1.29 is 0 Å². The Labute approximate surface area is 178 Å². The number of hydrogen-bond acceptors (Lipinski definition) is 0. The first-order valence-corrected chi connectivity index (χ1v) is 14.7. The van der Waals surface area contributed by atoms with Crippen molar-refractivity contribution in [3.63, 3.8) is 0 Å². The zero-order chi connectivity index (χ0) is 18.4. The van der Waals surface area contributed by atoms with Crippen molar-refractivity contribution in [2.45, 2.75) is 0 Å². The van der Waals surface area contributed by atoms with Gasteiger partial charge >= 0.3 is 180 Å².